The Kier molecular flexibility index (Phi) is 5.56. The molecule has 0 aliphatic heterocycles. The van der Waals surface area contributed by atoms with Gasteiger partial charge in [-0.15, -0.1) is 0 Å². The summed E-state index contributed by atoms with van der Waals surface area (Å²) in [6.45, 7) is 4.05. The number of benzene rings is 1. The van der Waals surface area contributed by atoms with Gasteiger partial charge in [0.05, 0.1) is 0 Å². The van der Waals surface area contributed by atoms with Crippen molar-refractivity contribution in [3.05, 3.63) is 33.8 Å². The van der Waals surface area contributed by atoms with Crippen LogP contribution >= 0.6 is 23.2 Å². The van der Waals surface area contributed by atoms with Crippen molar-refractivity contribution in [2.24, 2.45) is 0 Å². The Hall–Kier alpha value is -0.280. The lowest BCUT2D eigenvalue weighted by molar-refractivity contribution is 0.389. The van der Waals surface area contributed by atoms with E-state index in [-0.39, 0.29) is 6.04 Å². The molecule has 0 heterocycles. The van der Waals surface area contributed by atoms with Crippen LogP contribution in [0, 0.1) is 0 Å². The zero-order chi connectivity index (χ0) is 12.1. The molecular formula is C12H18Cl2N2. The van der Waals surface area contributed by atoms with E-state index in [1.165, 1.54) is 0 Å². The maximum Gasteiger partial charge on any atom is 0.0468 e. The molecule has 1 rings (SSSR count). The van der Waals surface area contributed by atoms with E-state index in [0.29, 0.717) is 5.02 Å². The van der Waals surface area contributed by atoms with Crippen molar-refractivity contribution >= 4 is 23.2 Å². The zero-order valence-electron chi connectivity index (χ0n) is 9.93. The first-order chi connectivity index (χ1) is 7.50. The van der Waals surface area contributed by atoms with Crippen molar-refractivity contribution in [1.82, 2.24) is 10.2 Å². The van der Waals surface area contributed by atoms with Crippen LogP contribution in [0.5, 0.6) is 0 Å². The van der Waals surface area contributed by atoms with Gasteiger partial charge < -0.3 is 10.2 Å². The predicted octanol–water partition coefficient (Wildman–Crippen LogP) is 3.21. The second kappa shape index (κ2) is 6.45. The van der Waals surface area contributed by atoms with Crippen LogP contribution in [0.15, 0.2) is 18.2 Å². The highest BCUT2D eigenvalue weighted by Gasteiger charge is 2.09. The summed E-state index contributed by atoms with van der Waals surface area (Å²) >= 11 is 12.0. The number of likely N-dealkylation sites (N-methyl/N-ethyl adjacent to an activating group) is 1. The lowest BCUT2D eigenvalue weighted by atomic mass is 10.1. The van der Waals surface area contributed by atoms with Gasteiger partial charge in [0.2, 0.25) is 0 Å². The highest BCUT2D eigenvalue weighted by atomic mass is 35.5. The van der Waals surface area contributed by atoms with E-state index in [1.807, 2.05) is 12.1 Å². The molecule has 1 aromatic rings. The van der Waals surface area contributed by atoms with Crippen LogP contribution in [0.1, 0.15) is 18.5 Å². The van der Waals surface area contributed by atoms with E-state index in [2.05, 4.69) is 31.2 Å². The van der Waals surface area contributed by atoms with E-state index in [9.17, 15) is 0 Å². The summed E-state index contributed by atoms with van der Waals surface area (Å²) in [5.74, 6) is 0. The third-order valence-corrected chi connectivity index (χ3v) is 3.00. The molecule has 1 N–H and O–H groups in total. The second-order valence-corrected chi connectivity index (χ2v) is 4.99. The first-order valence-electron chi connectivity index (χ1n) is 5.33. The summed E-state index contributed by atoms with van der Waals surface area (Å²) in [7, 11) is 4.11. The van der Waals surface area contributed by atoms with Gasteiger partial charge in [-0.2, -0.15) is 0 Å². The third kappa shape index (κ3) is 4.30. The van der Waals surface area contributed by atoms with Gasteiger partial charge in [0.15, 0.2) is 0 Å². The van der Waals surface area contributed by atoms with Crippen LogP contribution in [0.25, 0.3) is 0 Å². The quantitative estimate of drug-likeness (QED) is 0.875. The number of halogens is 2. The number of rotatable bonds is 5. The van der Waals surface area contributed by atoms with Crippen molar-refractivity contribution in [2.75, 3.05) is 27.2 Å². The molecule has 16 heavy (non-hydrogen) atoms. The molecule has 0 radical (unpaired) electrons. The minimum absolute atomic E-state index is 0.240. The van der Waals surface area contributed by atoms with E-state index in [4.69, 9.17) is 23.2 Å². The van der Waals surface area contributed by atoms with Gasteiger partial charge in [0.25, 0.3) is 0 Å². The zero-order valence-corrected chi connectivity index (χ0v) is 11.4. The standard InChI is InChI=1S/C12H18Cl2N2/c1-9(15-6-7-16(2)3)11-5-4-10(13)8-12(11)14/h4-5,8-9,15H,6-7H2,1-3H3. The Morgan fingerprint density at radius 2 is 2.00 bits per heavy atom. The first kappa shape index (κ1) is 13.8. The van der Waals surface area contributed by atoms with Crippen LogP contribution in [0.3, 0.4) is 0 Å². The van der Waals surface area contributed by atoms with Gasteiger partial charge in [-0.25, -0.2) is 0 Å². The van der Waals surface area contributed by atoms with Crippen molar-refractivity contribution in [3.8, 4) is 0 Å². The molecule has 0 spiro atoms. The Morgan fingerprint density at radius 3 is 2.56 bits per heavy atom. The summed E-state index contributed by atoms with van der Waals surface area (Å²) in [4.78, 5) is 2.14. The second-order valence-electron chi connectivity index (χ2n) is 4.14. The fourth-order valence-electron chi connectivity index (χ4n) is 1.47. The van der Waals surface area contributed by atoms with Gasteiger partial charge in [-0.05, 0) is 38.7 Å². The molecular weight excluding hydrogens is 243 g/mol. The molecule has 2 nitrogen and oxygen atoms in total. The van der Waals surface area contributed by atoms with E-state index in [1.54, 1.807) is 6.07 Å². The van der Waals surface area contributed by atoms with Crippen LogP contribution in [0.4, 0.5) is 0 Å². The van der Waals surface area contributed by atoms with Crippen LogP contribution in [-0.4, -0.2) is 32.1 Å². The molecule has 0 saturated heterocycles. The maximum absolute atomic E-state index is 6.13. The summed E-state index contributed by atoms with van der Waals surface area (Å²) in [6.07, 6.45) is 0. The monoisotopic (exact) mass is 260 g/mol. The minimum atomic E-state index is 0.240. The fourth-order valence-corrected chi connectivity index (χ4v) is 2.04. The number of nitrogens with zero attached hydrogens (tertiary/aromatic N) is 1. The van der Waals surface area contributed by atoms with Crippen molar-refractivity contribution < 1.29 is 0 Å². The molecule has 1 atom stereocenters. The summed E-state index contributed by atoms with van der Waals surface area (Å²) in [6, 6.07) is 5.86. The van der Waals surface area contributed by atoms with E-state index < -0.39 is 0 Å². The average Bonchev–Trinajstić information content (AvgIpc) is 2.16. The Morgan fingerprint density at radius 1 is 1.31 bits per heavy atom. The van der Waals surface area contributed by atoms with Gasteiger partial charge in [-0.1, -0.05) is 29.3 Å². The molecule has 0 amide bonds. The normalized spacial score (nSPS) is 13.1. The summed E-state index contributed by atoms with van der Waals surface area (Å²) < 4.78 is 0. The highest BCUT2D eigenvalue weighted by Crippen LogP contribution is 2.25. The number of hydrogen-bond acceptors (Lipinski definition) is 2. The van der Waals surface area contributed by atoms with Gasteiger partial charge in [0.1, 0.15) is 0 Å². The van der Waals surface area contributed by atoms with Crippen LogP contribution < -0.4 is 5.32 Å². The summed E-state index contributed by atoms with van der Waals surface area (Å²) in [5, 5.41) is 4.82. The molecule has 1 unspecified atom stereocenters. The van der Waals surface area contributed by atoms with Gasteiger partial charge in [0, 0.05) is 29.2 Å². The largest absolute Gasteiger partial charge is 0.309 e. The topological polar surface area (TPSA) is 15.3 Å². The maximum atomic E-state index is 6.13. The van der Waals surface area contributed by atoms with Gasteiger partial charge >= 0.3 is 0 Å². The molecule has 90 valence electrons. The molecule has 0 aliphatic rings. The van der Waals surface area contributed by atoms with Crippen LogP contribution in [-0.2, 0) is 0 Å². The first-order valence-corrected chi connectivity index (χ1v) is 6.09. The van der Waals surface area contributed by atoms with Crippen LogP contribution in [0.2, 0.25) is 10.0 Å². The van der Waals surface area contributed by atoms with E-state index >= 15 is 0 Å². The number of nitrogens with one attached hydrogen (secondary N) is 1. The molecule has 0 bridgehead atoms. The molecule has 4 heteroatoms. The lowest BCUT2D eigenvalue weighted by Crippen LogP contribution is -2.28. The van der Waals surface area contributed by atoms with Gasteiger partial charge in [-0.3, -0.25) is 0 Å². The number of hydrogen-bond donors (Lipinski definition) is 1. The minimum Gasteiger partial charge on any atom is -0.309 e. The molecule has 0 saturated carbocycles. The smallest absolute Gasteiger partial charge is 0.0468 e. The Labute approximate surface area is 108 Å². The van der Waals surface area contributed by atoms with E-state index in [0.717, 1.165) is 23.7 Å². The average molecular weight is 261 g/mol. The fraction of sp³-hybridized carbons (Fsp3) is 0.500. The third-order valence-electron chi connectivity index (χ3n) is 2.44. The molecule has 0 aromatic heterocycles. The Balaban J connectivity index is 2.55. The lowest BCUT2D eigenvalue weighted by Gasteiger charge is -2.17. The van der Waals surface area contributed by atoms with Crippen molar-refractivity contribution in [2.45, 2.75) is 13.0 Å². The molecule has 1 aromatic carbocycles. The summed E-state index contributed by atoms with van der Waals surface area (Å²) in [5.41, 5.74) is 1.09. The highest BCUT2D eigenvalue weighted by molar-refractivity contribution is 6.35. The molecule has 0 aliphatic carbocycles. The SMILES string of the molecule is CC(NCCN(C)C)c1ccc(Cl)cc1Cl. The van der Waals surface area contributed by atoms with Crippen molar-refractivity contribution in [3.63, 3.8) is 0 Å². The predicted molar refractivity (Wildman–Crippen MR) is 71.4 cm³/mol. The Bertz CT molecular complexity index is 340. The van der Waals surface area contributed by atoms with Crippen molar-refractivity contribution in [1.29, 1.82) is 0 Å². The molecule has 0 fully saturated rings.